The SMILES string of the molecule is COc1ccc(-c2ccc3c(c2)N(C(C)C)c2c(cc(-c4ccc(OC)c5ccccc45)cc2C(F)(F)F)N3C(C)C)c2ccccc12. The molecule has 0 radical (unpaired) electrons. The molecule has 0 amide bonds. The molecule has 0 saturated heterocycles. The second-order valence-corrected chi connectivity index (χ2v) is 12.7. The maximum absolute atomic E-state index is 15.4. The van der Waals surface area contributed by atoms with Crippen molar-refractivity contribution in [1.82, 2.24) is 0 Å². The van der Waals surface area contributed by atoms with Crippen molar-refractivity contribution in [3.8, 4) is 33.8 Å². The van der Waals surface area contributed by atoms with E-state index in [9.17, 15) is 0 Å². The average Bonchev–Trinajstić information content (AvgIpc) is 3.08. The summed E-state index contributed by atoms with van der Waals surface area (Å²) in [5.74, 6) is 1.44. The molecule has 0 aliphatic carbocycles. The summed E-state index contributed by atoms with van der Waals surface area (Å²) in [7, 11) is 3.25. The molecule has 7 rings (SSSR count). The third kappa shape index (κ3) is 5.00. The Kier molecular flexibility index (Phi) is 7.74. The molecule has 1 aliphatic rings. The van der Waals surface area contributed by atoms with Gasteiger partial charge >= 0.3 is 6.18 Å². The first-order valence-electron chi connectivity index (χ1n) is 16.1. The van der Waals surface area contributed by atoms with Gasteiger partial charge in [0, 0.05) is 22.9 Å². The number of hydrogen-bond acceptors (Lipinski definition) is 4. The molecular weight excluding hydrogens is 609 g/mol. The zero-order valence-corrected chi connectivity index (χ0v) is 27.8. The third-order valence-electron chi connectivity index (χ3n) is 9.25. The second kappa shape index (κ2) is 11.8. The molecule has 6 aromatic carbocycles. The quantitative estimate of drug-likeness (QED) is 0.180. The van der Waals surface area contributed by atoms with Crippen molar-refractivity contribution in [3.63, 3.8) is 0 Å². The number of ether oxygens (including phenoxy) is 2. The van der Waals surface area contributed by atoms with Crippen molar-refractivity contribution in [2.75, 3.05) is 24.0 Å². The summed E-state index contributed by atoms with van der Waals surface area (Å²) in [6.07, 6.45) is -4.61. The zero-order chi connectivity index (χ0) is 33.9. The number of nitrogens with zero attached hydrogens (tertiary/aromatic N) is 2. The van der Waals surface area contributed by atoms with E-state index in [0.717, 1.165) is 49.8 Å². The van der Waals surface area contributed by atoms with Crippen molar-refractivity contribution < 1.29 is 22.6 Å². The summed E-state index contributed by atoms with van der Waals surface area (Å²) >= 11 is 0. The molecule has 4 nitrogen and oxygen atoms in total. The Morgan fingerprint density at radius 3 is 1.52 bits per heavy atom. The molecule has 1 aliphatic heterocycles. The first-order chi connectivity index (χ1) is 23.0. The summed E-state index contributed by atoms with van der Waals surface area (Å²) in [6, 6.07) is 32.3. The Balaban J connectivity index is 1.50. The highest BCUT2D eigenvalue weighted by Gasteiger charge is 2.42. The van der Waals surface area contributed by atoms with Crippen LogP contribution in [0.3, 0.4) is 0 Å². The van der Waals surface area contributed by atoms with Crippen LogP contribution in [0.2, 0.25) is 0 Å². The van der Waals surface area contributed by atoms with Crippen molar-refractivity contribution in [1.29, 1.82) is 0 Å². The van der Waals surface area contributed by atoms with Crippen LogP contribution >= 0.6 is 0 Å². The number of rotatable bonds is 6. The lowest BCUT2D eigenvalue weighted by molar-refractivity contribution is -0.137. The first-order valence-corrected chi connectivity index (χ1v) is 16.1. The lowest BCUT2D eigenvalue weighted by Gasteiger charge is -2.45. The van der Waals surface area contributed by atoms with Gasteiger partial charge in [-0.3, -0.25) is 0 Å². The van der Waals surface area contributed by atoms with E-state index in [1.54, 1.807) is 14.2 Å². The highest BCUT2D eigenvalue weighted by molar-refractivity contribution is 6.05. The molecule has 0 unspecified atom stereocenters. The Hall–Kier alpha value is -5.17. The van der Waals surface area contributed by atoms with Crippen LogP contribution in [0.4, 0.5) is 35.9 Å². The molecular formula is C41H37F3N2O2. The van der Waals surface area contributed by atoms with Crippen LogP contribution in [-0.4, -0.2) is 26.3 Å². The van der Waals surface area contributed by atoms with E-state index in [4.69, 9.17) is 9.47 Å². The van der Waals surface area contributed by atoms with E-state index in [2.05, 4.69) is 12.1 Å². The fraction of sp³-hybridized carbons (Fsp3) is 0.220. The minimum absolute atomic E-state index is 0.131. The summed E-state index contributed by atoms with van der Waals surface area (Å²) in [6.45, 7) is 7.93. The molecule has 0 fully saturated rings. The van der Waals surface area contributed by atoms with Crippen LogP contribution in [0.25, 0.3) is 43.8 Å². The predicted octanol–water partition coefficient (Wildman–Crippen LogP) is 11.8. The van der Waals surface area contributed by atoms with Gasteiger partial charge in [-0.15, -0.1) is 0 Å². The van der Waals surface area contributed by atoms with Gasteiger partial charge < -0.3 is 19.3 Å². The van der Waals surface area contributed by atoms with Gasteiger partial charge in [-0.25, -0.2) is 0 Å². The second-order valence-electron chi connectivity index (χ2n) is 12.7. The number of benzene rings is 6. The van der Waals surface area contributed by atoms with Crippen LogP contribution in [-0.2, 0) is 6.18 Å². The van der Waals surface area contributed by atoms with Gasteiger partial charge in [-0.05, 0) is 97.1 Å². The standard InChI is InChI=1S/C41H37F3N2O2/c1-24(2)45-35-18-15-26(28-16-19-38(47-5)32-13-9-7-11-30(28)32)22-36(35)46(25(3)4)40-34(41(42,43)44)21-27(23-37(40)45)29-17-20-39(48-6)33-14-10-8-12-31(29)33/h7-25H,1-6H3. The highest BCUT2D eigenvalue weighted by atomic mass is 19.4. The molecule has 0 N–H and O–H groups in total. The van der Waals surface area contributed by atoms with E-state index in [1.165, 1.54) is 6.07 Å². The van der Waals surface area contributed by atoms with Crippen LogP contribution in [0.5, 0.6) is 11.5 Å². The topological polar surface area (TPSA) is 24.9 Å². The number of alkyl halides is 3. The van der Waals surface area contributed by atoms with E-state index in [0.29, 0.717) is 22.6 Å². The van der Waals surface area contributed by atoms with Gasteiger partial charge in [0.2, 0.25) is 0 Å². The Morgan fingerprint density at radius 1 is 0.521 bits per heavy atom. The summed E-state index contributed by atoms with van der Waals surface area (Å²) in [4.78, 5) is 3.90. The molecule has 0 spiro atoms. The first kappa shape index (κ1) is 31.4. The van der Waals surface area contributed by atoms with Crippen LogP contribution in [0, 0.1) is 0 Å². The number of methoxy groups -OCH3 is 2. The minimum Gasteiger partial charge on any atom is -0.496 e. The molecule has 244 valence electrons. The fourth-order valence-electron chi connectivity index (χ4n) is 7.26. The maximum atomic E-state index is 15.4. The Morgan fingerprint density at radius 2 is 1.02 bits per heavy atom. The molecule has 0 saturated carbocycles. The summed E-state index contributed by atoms with van der Waals surface area (Å²) in [5, 5.41) is 3.66. The molecule has 48 heavy (non-hydrogen) atoms. The van der Waals surface area contributed by atoms with Gasteiger partial charge in [0.25, 0.3) is 0 Å². The Labute approximate surface area is 278 Å². The predicted molar refractivity (Wildman–Crippen MR) is 191 cm³/mol. The van der Waals surface area contributed by atoms with Crippen LogP contribution in [0.15, 0.2) is 103 Å². The zero-order valence-electron chi connectivity index (χ0n) is 27.8. The van der Waals surface area contributed by atoms with E-state index in [1.807, 2.05) is 122 Å². The maximum Gasteiger partial charge on any atom is 0.418 e. The summed E-state index contributed by atoms with van der Waals surface area (Å²) < 4.78 is 57.3. The van der Waals surface area contributed by atoms with Crippen LogP contribution < -0.4 is 19.3 Å². The normalized spacial score (nSPS) is 13.0. The van der Waals surface area contributed by atoms with Gasteiger partial charge in [-0.1, -0.05) is 66.7 Å². The average molecular weight is 647 g/mol. The largest absolute Gasteiger partial charge is 0.496 e. The van der Waals surface area contributed by atoms with Crippen LogP contribution in [0.1, 0.15) is 33.3 Å². The monoisotopic (exact) mass is 646 g/mol. The number of fused-ring (bicyclic) bond motifs is 4. The number of halogens is 3. The summed E-state index contributed by atoms with van der Waals surface area (Å²) in [5.41, 5.74) is 4.73. The highest BCUT2D eigenvalue weighted by Crippen LogP contribution is 2.56. The van der Waals surface area contributed by atoms with Gasteiger partial charge in [0.1, 0.15) is 11.5 Å². The van der Waals surface area contributed by atoms with E-state index in [-0.39, 0.29) is 17.8 Å². The smallest absolute Gasteiger partial charge is 0.418 e. The number of anilines is 4. The van der Waals surface area contributed by atoms with Gasteiger partial charge in [0.15, 0.2) is 0 Å². The molecule has 1 heterocycles. The molecule has 6 aromatic rings. The van der Waals surface area contributed by atoms with E-state index < -0.39 is 11.7 Å². The fourth-order valence-corrected chi connectivity index (χ4v) is 7.26. The lowest BCUT2D eigenvalue weighted by Crippen LogP contribution is -2.38. The Bertz CT molecular complexity index is 2190. The van der Waals surface area contributed by atoms with Crippen molar-refractivity contribution in [2.24, 2.45) is 0 Å². The van der Waals surface area contributed by atoms with Crippen molar-refractivity contribution >= 4 is 44.3 Å². The minimum atomic E-state index is -4.61. The van der Waals surface area contributed by atoms with Gasteiger partial charge in [0.05, 0.1) is 42.5 Å². The molecule has 0 atom stereocenters. The number of hydrogen-bond donors (Lipinski definition) is 0. The molecule has 7 heteroatoms. The molecule has 0 bridgehead atoms. The van der Waals surface area contributed by atoms with Crippen molar-refractivity contribution in [2.45, 2.75) is 46.0 Å². The van der Waals surface area contributed by atoms with Crippen molar-refractivity contribution in [3.05, 3.63) is 109 Å². The molecule has 0 aromatic heterocycles. The third-order valence-corrected chi connectivity index (χ3v) is 9.25. The van der Waals surface area contributed by atoms with E-state index >= 15 is 13.2 Å². The van der Waals surface area contributed by atoms with Gasteiger partial charge in [-0.2, -0.15) is 13.2 Å². The lowest BCUT2D eigenvalue weighted by atomic mass is 9.91.